The Labute approximate surface area is 123 Å². The van der Waals surface area contributed by atoms with Crippen LogP contribution in [0.2, 0.25) is 0 Å². The highest BCUT2D eigenvalue weighted by molar-refractivity contribution is 5.70. The van der Waals surface area contributed by atoms with Crippen molar-refractivity contribution in [3.05, 3.63) is 41.7 Å². The van der Waals surface area contributed by atoms with Crippen molar-refractivity contribution in [2.75, 3.05) is 0 Å². The summed E-state index contributed by atoms with van der Waals surface area (Å²) in [7, 11) is 0. The van der Waals surface area contributed by atoms with Crippen LogP contribution in [0, 0.1) is 0 Å². The Morgan fingerprint density at radius 1 is 1.24 bits per heavy atom. The predicted molar refractivity (Wildman–Crippen MR) is 77.4 cm³/mol. The molecular formula is C16H18N2O3. The Balaban J connectivity index is 1.77. The first-order chi connectivity index (χ1) is 9.92. The fraction of sp³-hybridized carbons (Fsp3) is 0.375. The number of fused-ring (bicyclic) bond motifs is 1. The summed E-state index contributed by atoms with van der Waals surface area (Å²) < 4.78 is 10.3. The van der Waals surface area contributed by atoms with Gasteiger partial charge in [0.2, 0.25) is 0 Å². The summed E-state index contributed by atoms with van der Waals surface area (Å²) in [5, 5.41) is 3.93. The molecule has 1 aromatic carbocycles. The third-order valence-corrected chi connectivity index (χ3v) is 3.31. The molecule has 0 fully saturated rings. The minimum Gasteiger partial charge on any atom is -0.444 e. The maximum absolute atomic E-state index is 12.1. The molecule has 110 valence electrons. The first-order valence-corrected chi connectivity index (χ1v) is 6.93. The van der Waals surface area contributed by atoms with E-state index in [1.165, 1.54) is 0 Å². The number of aromatic nitrogens is 1. The average Bonchev–Trinajstić information content (AvgIpc) is 3.05. The van der Waals surface area contributed by atoms with Crippen molar-refractivity contribution in [3.8, 4) is 11.3 Å². The van der Waals surface area contributed by atoms with Crippen LogP contribution in [0.3, 0.4) is 0 Å². The van der Waals surface area contributed by atoms with Gasteiger partial charge >= 0.3 is 6.09 Å². The van der Waals surface area contributed by atoms with E-state index in [4.69, 9.17) is 9.26 Å². The summed E-state index contributed by atoms with van der Waals surface area (Å²) in [5.74, 6) is 0. The lowest BCUT2D eigenvalue weighted by Crippen LogP contribution is -2.33. The van der Waals surface area contributed by atoms with Gasteiger partial charge in [-0.25, -0.2) is 4.79 Å². The number of benzene rings is 1. The van der Waals surface area contributed by atoms with Gasteiger partial charge in [-0.15, -0.1) is 0 Å². The van der Waals surface area contributed by atoms with Gasteiger partial charge in [0.1, 0.15) is 17.6 Å². The Hall–Kier alpha value is -2.30. The molecule has 0 radical (unpaired) electrons. The van der Waals surface area contributed by atoms with Crippen LogP contribution < -0.4 is 0 Å². The molecule has 0 aliphatic carbocycles. The highest BCUT2D eigenvalue weighted by Crippen LogP contribution is 2.28. The molecule has 2 heterocycles. The van der Waals surface area contributed by atoms with Gasteiger partial charge in [-0.1, -0.05) is 17.3 Å². The summed E-state index contributed by atoms with van der Waals surface area (Å²) in [6.45, 7) is 6.77. The maximum atomic E-state index is 12.1. The minimum atomic E-state index is -0.474. The van der Waals surface area contributed by atoms with Crippen molar-refractivity contribution in [2.24, 2.45) is 0 Å². The number of ether oxygens (including phenoxy) is 1. The first kappa shape index (κ1) is 13.7. The predicted octanol–water partition coefficient (Wildman–Crippen LogP) is 3.59. The zero-order chi connectivity index (χ0) is 15.0. The van der Waals surface area contributed by atoms with Gasteiger partial charge in [0.15, 0.2) is 0 Å². The van der Waals surface area contributed by atoms with Crippen molar-refractivity contribution < 1.29 is 14.1 Å². The molecule has 0 N–H and O–H groups in total. The summed E-state index contributed by atoms with van der Waals surface area (Å²) >= 11 is 0. The van der Waals surface area contributed by atoms with E-state index in [9.17, 15) is 4.79 Å². The Morgan fingerprint density at radius 3 is 2.67 bits per heavy atom. The van der Waals surface area contributed by atoms with Gasteiger partial charge in [0.25, 0.3) is 0 Å². The SMILES string of the molecule is CC(C)(C)OC(=O)N1Cc2ccc(-c3ccon3)cc2C1. The highest BCUT2D eigenvalue weighted by atomic mass is 16.6. The van der Waals surface area contributed by atoms with Crippen molar-refractivity contribution in [2.45, 2.75) is 39.5 Å². The van der Waals surface area contributed by atoms with E-state index in [0.29, 0.717) is 13.1 Å². The molecule has 21 heavy (non-hydrogen) atoms. The summed E-state index contributed by atoms with van der Waals surface area (Å²) in [6.07, 6.45) is 1.27. The summed E-state index contributed by atoms with van der Waals surface area (Å²) in [4.78, 5) is 13.8. The monoisotopic (exact) mass is 286 g/mol. The van der Waals surface area contributed by atoms with E-state index < -0.39 is 5.60 Å². The van der Waals surface area contributed by atoms with Gasteiger partial charge in [0, 0.05) is 24.7 Å². The van der Waals surface area contributed by atoms with Crippen molar-refractivity contribution in [1.82, 2.24) is 10.1 Å². The second kappa shape index (κ2) is 4.91. The number of rotatable bonds is 1. The Kier molecular flexibility index (Phi) is 3.20. The smallest absolute Gasteiger partial charge is 0.410 e. The number of hydrogen-bond donors (Lipinski definition) is 0. The number of amides is 1. The summed E-state index contributed by atoms with van der Waals surface area (Å²) in [6, 6.07) is 7.90. The van der Waals surface area contributed by atoms with Crippen LogP contribution in [0.25, 0.3) is 11.3 Å². The van der Waals surface area contributed by atoms with Crippen LogP contribution in [-0.2, 0) is 17.8 Å². The molecule has 5 nitrogen and oxygen atoms in total. The third kappa shape index (κ3) is 2.91. The van der Waals surface area contributed by atoms with E-state index in [0.717, 1.165) is 22.4 Å². The van der Waals surface area contributed by atoms with E-state index in [1.807, 2.05) is 39.0 Å². The van der Waals surface area contributed by atoms with Gasteiger partial charge in [-0.05, 0) is 38.0 Å². The molecule has 0 saturated carbocycles. The van der Waals surface area contributed by atoms with Gasteiger partial charge in [-0.3, -0.25) is 4.90 Å². The highest BCUT2D eigenvalue weighted by Gasteiger charge is 2.27. The van der Waals surface area contributed by atoms with Crippen LogP contribution in [0.4, 0.5) is 4.79 Å². The lowest BCUT2D eigenvalue weighted by Gasteiger charge is -2.24. The molecule has 0 unspecified atom stereocenters. The lowest BCUT2D eigenvalue weighted by atomic mass is 10.0. The zero-order valence-corrected chi connectivity index (χ0v) is 12.4. The fourth-order valence-corrected chi connectivity index (χ4v) is 2.37. The van der Waals surface area contributed by atoms with Crippen molar-refractivity contribution in [1.29, 1.82) is 0 Å². The molecule has 1 aromatic heterocycles. The van der Waals surface area contributed by atoms with Crippen molar-refractivity contribution in [3.63, 3.8) is 0 Å². The largest absolute Gasteiger partial charge is 0.444 e. The molecule has 2 aromatic rings. The van der Waals surface area contributed by atoms with E-state index >= 15 is 0 Å². The van der Waals surface area contributed by atoms with Crippen molar-refractivity contribution >= 4 is 6.09 Å². The molecule has 3 rings (SSSR count). The minimum absolute atomic E-state index is 0.276. The Bertz CT molecular complexity index is 657. The summed E-state index contributed by atoms with van der Waals surface area (Å²) in [5.41, 5.74) is 3.59. The van der Waals surface area contributed by atoms with Crippen LogP contribution in [0.1, 0.15) is 31.9 Å². The number of nitrogens with zero attached hydrogens (tertiary/aromatic N) is 2. The average molecular weight is 286 g/mol. The topological polar surface area (TPSA) is 55.6 Å². The first-order valence-electron chi connectivity index (χ1n) is 6.93. The Morgan fingerprint density at radius 2 is 2.00 bits per heavy atom. The molecule has 0 bridgehead atoms. The van der Waals surface area contributed by atoms with Crippen LogP contribution >= 0.6 is 0 Å². The molecule has 1 aliphatic heterocycles. The quantitative estimate of drug-likeness (QED) is 0.804. The van der Waals surface area contributed by atoms with Gasteiger partial charge < -0.3 is 9.26 Å². The van der Waals surface area contributed by atoms with Gasteiger partial charge in [-0.2, -0.15) is 0 Å². The van der Waals surface area contributed by atoms with E-state index in [-0.39, 0.29) is 6.09 Å². The van der Waals surface area contributed by atoms with E-state index in [1.54, 1.807) is 11.2 Å². The third-order valence-electron chi connectivity index (χ3n) is 3.31. The van der Waals surface area contributed by atoms with Crippen LogP contribution in [0.15, 0.2) is 35.1 Å². The standard InChI is InChI=1S/C16H18N2O3/c1-16(2,3)21-15(19)18-9-12-5-4-11(8-13(12)10-18)14-6-7-20-17-14/h4-8H,9-10H2,1-3H3. The van der Waals surface area contributed by atoms with E-state index in [2.05, 4.69) is 11.2 Å². The number of carbonyl (C=O) groups excluding carboxylic acids is 1. The molecule has 5 heteroatoms. The number of hydrogen-bond acceptors (Lipinski definition) is 4. The zero-order valence-electron chi connectivity index (χ0n) is 12.4. The second-order valence-electron chi connectivity index (χ2n) is 6.20. The van der Waals surface area contributed by atoms with Crippen LogP contribution in [-0.4, -0.2) is 21.8 Å². The van der Waals surface area contributed by atoms with Crippen LogP contribution in [0.5, 0.6) is 0 Å². The molecule has 0 atom stereocenters. The fourth-order valence-electron chi connectivity index (χ4n) is 2.37. The normalized spacial score (nSPS) is 14.1. The molecule has 0 spiro atoms. The molecule has 0 saturated heterocycles. The molecule has 1 amide bonds. The number of carbonyl (C=O) groups is 1. The molecule has 1 aliphatic rings. The second-order valence-corrected chi connectivity index (χ2v) is 6.20. The maximum Gasteiger partial charge on any atom is 0.410 e. The van der Waals surface area contributed by atoms with Gasteiger partial charge in [0.05, 0.1) is 0 Å². The molecular weight excluding hydrogens is 268 g/mol. The lowest BCUT2D eigenvalue weighted by molar-refractivity contribution is 0.0242.